The molecule has 2 aliphatic heterocycles. The smallest absolute Gasteiger partial charge is 0.440 e. The molecule has 0 radical (unpaired) electrons. The second-order valence-electron chi connectivity index (χ2n) is 10.6. The third-order valence-electron chi connectivity index (χ3n) is 5.42. The van der Waals surface area contributed by atoms with E-state index in [0.717, 1.165) is 5.01 Å². The van der Waals surface area contributed by atoms with Crippen molar-refractivity contribution in [2.75, 3.05) is 5.01 Å². The van der Waals surface area contributed by atoms with Crippen LogP contribution in [0.1, 0.15) is 62.3 Å². The Morgan fingerprint density at radius 2 is 1.39 bits per heavy atom. The number of benzene rings is 1. The summed E-state index contributed by atoms with van der Waals surface area (Å²) in [5.74, 6) is -0.830. The Bertz CT molecular complexity index is 1340. The lowest BCUT2D eigenvalue weighted by Crippen LogP contribution is -2.63. The number of para-hydroxylation sites is 1. The minimum atomic E-state index is -2.27. The molecule has 1 aromatic rings. The summed E-state index contributed by atoms with van der Waals surface area (Å²) in [5, 5.41) is 6.32. The van der Waals surface area contributed by atoms with E-state index in [1.165, 1.54) is 6.92 Å². The van der Waals surface area contributed by atoms with Crippen LogP contribution in [0.3, 0.4) is 0 Å². The van der Waals surface area contributed by atoms with Gasteiger partial charge in [-0.05, 0) is 74.4 Å². The first-order valence-corrected chi connectivity index (χ1v) is 14.6. The number of hydrazone groups is 1. The standard InChI is InChI=1S/C27H37N7O9S/c1-15(2)40-23(36)30-34(26(39)43-18(7)8)44-22-28-27(19(9)29-31(21(27)35)20-13-11-10-12-14-20)33(25(38)42-17(5)6)32(22)24(37)41-16(3)4/h10-18H,1-9H3,(H,30,36). The van der Waals surface area contributed by atoms with Crippen LogP contribution in [-0.4, -0.2) is 85.7 Å². The molecule has 2 heterocycles. The predicted molar refractivity (Wildman–Crippen MR) is 160 cm³/mol. The van der Waals surface area contributed by atoms with E-state index in [1.54, 1.807) is 85.7 Å². The zero-order valence-corrected chi connectivity index (χ0v) is 26.8. The maximum Gasteiger partial charge on any atom is 0.440 e. The maximum absolute atomic E-state index is 14.2. The quantitative estimate of drug-likeness (QED) is 0.273. The van der Waals surface area contributed by atoms with E-state index >= 15 is 0 Å². The van der Waals surface area contributed by atoms with Gasteiger partial charge in [0.05, 0.1) is 47.8 Å². The minimum absolute atomic E-state index is 0.00603. The van der Waals surface area contributed by atoms with Gasteiger partial charge in [0.2, 0.25) is 5.17 Å². The minimum Gasteiger partial charge on any atom is -0.446 e. The first-order valence-electron chi connectivity index (χ1n) is 13.8. The van der Waals surface area contributed by atoms with Crippen LogP contribution >= 0.6 is 11.9 Å². The van der Waals surface area contributed by atoms with Gasteiger partial charge in [-0.1, -0.05) is 18.2 Å². The third-order valence-corrected chi connectivity index (χ3v) is 6.27. The Kier molecular flexibility index (Phi) is 10.7. The fourth-order valence-electron chi connectivity index (χ4n) is 3.84. The van der Waals surface area contributed by atoms with Crippen LogP contribution in [0, 0.1) is 0 Å². The second kappa shape index (κ2) is 13.8. The van der Waals surface area contributed by atoms with Gasteiger partial charge in [-0.3, -0.25) is 4.79 Å². The van der Waals surface area contributed by atoms with Gasteiger partial charge in [-0.15, -0.1) is 4.41 Å². The molecule has 0 aliphatic carbocycles. The molecule has 0 saturated carbocycles. The average Bonchev–Trinajstić information content (AvgIpc) is 3.37. The molecule has 0 bridgehead atoms. The Balaban J connectivity index is 2.20. The van der Waals surface area contributed by atoms with E-state index in [-0.39, 0.29) is 5.71 Å². The number of nitrogens with zero attached hydrogens (tertiary/aromatic N) is 6. The first kappa shape index (κ1) is 34.0. The van der Waals surface area contributed by atoms with Crippen LogP contribution in [0.2, 0.25) is 0 Å². The Morgan fingerprint density at radius 3 is 1.93 bits per heavy atom. The lowest BCUT2D eigenvalue weighted by Gasteiger charge is -2.35. The Morgan fingerprint density at radius 1 is 0.841 bits per heavy atom. The van der Waals surface area contributed by atoms with Crippen molar-refractivity contribution in [1.82, 2.24) is 19.9 Å². The highest BCUT2D eigenvalue weighted by Gasteiger charge is 2.65. The highest BCUT2D eigenvalue weighted by atomic mass is 32.2. The van der Waals surface area contributed by atoms with Gasteiger partial charge >= 0.3 is 30.3 Å². The summed E-state index contributed by atoms with van der Waals surface area (Å²) in [7, 11) is 0. The van der Waals surface area contributed by atoms with E-state index in [4.69, 9.17) is 18.9 Å². The van der Waals surface area contributed by atoms with Crippen LogP contribution in [0.5, 0.6) is 0 Å². The van der Waals surface area contributed by atoms with Crippen LogP contribution < -0.4 is 10.4 Å². The maximum atomic E-state index is 14.2. The summed E-state index contributed by atoms with van der Waals surface area (Å²) < 4.78 is 21.8. The number of carbonyl (C=O) groups is 5. The number of carbonyl (C=O) groups excluding carboxylic acids is 5. The SMILES string of the molecule is CC1=NN(c2ccccc2)C(=O)C12N=C(SN(NC(=O)OC(C)C)C(=O)OC(C)C)N(C(=O)OC(C)C)N2C(=O)OC(C)C. The van der Waals surface area contributed by atoms with Crippen molar-refractivity contribution in [3.05, 3.63) is 30.3 Å². The summed E-state index contributed by atoms with van der Waals surface area (Å²) >= 11 is 0.370. The third kappa shape index (κ3) is 7.32. The van der Waals surface area contributed by atoms with Crippen molar-refractivity contribution in [3.63, 3.8) is 0 Å². The number of amidine groups is 1. The van der Waals surface area contributed by atoms with Gasteiger partial charge in [0.15, 0.2) is 0 Å². The molecule has 1 N–H and O–H groups in total. The van der Waals surface area contributed by atoms with Crippen molar-refractivity contribution in [2.45, 2.75) is 92.4 Å². The van der Waals surface area contributed by atoms with Crippen molar-refractivity contribution in [1.29, 1.82) is 0 Å². The molecule has 16 nitrogen and oxygen atoms in total. The number of hydrogen-bond donors (Lipinski definition) is 1. The number of hydrazine groups is 2. The lowest BCUT2D eigenvalue weighted by atomic mass is 10.1. The van der Waals surface area contributed by atoms with Gasteiger partial charge < -0.3 is 18.9 Å². The van der Waals surface area contributed by atoms with E-state index in [1.807, 2.05) is 0 Å². The highest BCUT2D eigenvalue weighted by Crippen LogP contribution is 2.41. The highest BCUT2D eigenvalue weighted by molar-refractivity contribution is 8.12. The van der Waals surface area contributed by atoms with Gasteiger partial charge in [-0.2, -0.15) is 20.1 Å². The summed E-state index contributed by atoms with van der Waals surface area (Å²) in [6, 6.07) is 8.37. The van der Waals surface area contributed by atoms with Crippen LogP contribution in [0.25, 0.3) is 0 Å². The number of nitrogens with one attached hydrogen (secondary N) is 1. The molecule has 1 unspecified atom stereocenters. The first-order chi connectivity index (χ1) is 20.6. The molecule has 1 atom stereocenters. The topological polar surface area (TPSA) is 172 Å². The van der Waals surface area contributed by atoms with Crippen LogP contribution in [0.15, 0.2) is 40.4 Å². The summed E-state index contributed by atoms with van der Waals surface area (Å²) in [6.45, 7) is 14.1. The predicted octanol–water partition coefficient (Wildman–Crippen LogP) is 4.63. The molecule has 1 spiro atoms. The summed E-state index contributed by atoms with van der Waals surface area (Å²) in [5.41, 5.74) is 0.316. The number of aliphatic imine (C=N–C) groups is 1. The van der Waals surface area contributed by atoms with Crippen LogP contribution in [-0.2, 0) is 23.7 Å². The second-order valence-corrected chi connectivity index (χ2v) is 11.5. The molecule has 44 heavy (non-hydrogen) atoms. The number of ether oxygens (including phenoxy) is 4. The molecule has 0 aromatic heterocycles. The van der Waals surface area contributed by atoms with E-state index in [9.17, 15) is 24.0 Å². The van der Waals surface area contributed by atoms with Gasteiger partial charge in [-0.25, -0.2) is 29.6 Å². The number of rotatable bonds is 5. The molecule has 0 saturated heterocycles. The Labute approximate surface area is 259 Å². The fraction of sp³-hybridized carbons (Fsp3) is 0.519. The largest absolute Gasteiger partial charge is 0.446 e. The number of amides is 5. The molecule has 3 rings (SSSR count). The molecule has 0 fully saturated rings. The number of hydrogen-bond acceptors (Lipinski definition) is 12. The van der Waals surface area contributed by atoms with Gasteiger partial charge in [0.25, 0.3) is 5.66 Å². The van der Waals surface area contributed by atoms with Crippen molar-refractivity contribution < 1.29 is 42.9 Å². The summed E-state index contributed by atoms with van der Waals surface area (Å²) in [6.07, 6.45) is -6.89. The van der Waals surface area contributed by atoms with Gasteiger partial charge in [0, 0.05) is 0 Å². The molecular formula is C27H37N7O9S. The molecule has 5 amide bonds. The van der Waals surface area contributed by atoms with Crippen molar-refractivity contribution in [2.24, 2.45) is 10.1 Å². The summed E-state index contributed by atoms with van der Waals surface area (Å²) in [4.78, 5) is 71.7. The molecule has 240 valence electrons. The van der Waals surface area contributed by atoms with Gasteiger partial charge in [0.1, 0.15) is 0 Å². The van der Waals surface area contributed by atoms with E-state index in [2.05, 4.69) is 15.5 Å². The van der Waals surface area contributed by atoms with Crippen molar-refractivity contribution >= 4 is 58.8 Å². The molecular weight excluding hydrogens is 598 g/mol. The van der Waals surface area contributed by atoms with Crippen molar-refractivity contribution in [3.8, 4) is 0 Å². The van der Waals surface area contributed by atoms with E-state index in [0.29, 0.717) is 32.1 Å². The fourth-order valence-corrected chi connectivity index (χ4v) is 4.65. The zero-order valence-electron chi connectivity index (χ0n) is 26.0. The number of anilines is 1. The van der Waals surface area contributed by atoms with E-state index < -0.39 is 65.5 Å². The lowest BCUT2D eigenvalue weighted by molar-refractivity contribution is -0.128. The monoisotopic (exact) mass is 635 g/mol. The normalized spacial score (nSPS) is 17.8. The molecule has 17 heteroatoms. The molecule has 2 aliphatic rings. The average molecular weight is 636 g/mol. The Hall–Kier alpha value is -4.54. The zero-order chi connectivity index (χ0) is 32.9. The molecule has 1 aromatic carbocycles. The van der Waals surface area contributed by atoms with Crippen LogP contribution in [0.4, 0.5) is 24.9 Å².